The van der Waals surface area contributed by atoms with Crippen molar-refractivity contribution in [2.75, 3.05) is 19.6 Å². The van der Waals surface area contributed by atoms with Crippen LogP contribution in [0, 0.1) is 6.92 Å². The van der Waals surface area contributed by atoms with Gasteiger partial charge in [-0.15, -0.1) is 12.4 Å². The highest BCUT2D eigenvalue weighted by molar-refractivity contribution is 5.85. The Morgan fingerprint density at radius 3 is 2.52 bits per heavy atom. The zero-order valence-electron chi connectivity index (χ0n) is 13.8. The van der Waals surface area contributed by atoms with Crippen molar-refractivity contribution in [3.05, 3.63) is 29.8 Å². The fourth-order valence-corrected chi connectivity index (χ4v) is 3.30. The van der Waals surface area contributed by atoms with Gasteiger partial charge >= 0.3 is 0 Å². The van der Waals surface area contributed by atoms with E-state index < -0.39 is 0 Å². The molecule has 2 aliphatic heterocycles. The van der Waals surface area contributed by atoms with Crippen LogP contribution in [0.5, 0.6) is 5.75 Å². The third-order valence-electron chi connectivity index (χ3n) is 4.70. The first-order valence-electron chi connectivity index (χ1n) is 8.45. The number of piperidine rings is 1. The molecule has 1 amide bonds. The number of ether oxygens (including phenoxy) is 1. The second-order valence-electron chi connectivity index (χ2n) is 6.51. The Morgan fingerprint density at radius 2 is 1.91 bits per heavy atom. The molecule has 23 heavy (non-hydrogen) atoms. The molecular weight excluding hydrogens is 312 g/mol. The maximum absolute atomic E-state index is 12.3. The highest BCUT2D eigenvalue weighted by Gasteiger charge is 2.26. The first-order valence-corrected chi connectivity index (χ1v) is 8.45. The lowest BCUT2D eigenvalue weighted by atomic mass is 10.1. The van der Waals surface area contributed by atoms with Gasteiger partial charge in [0, 0.05) is 38.4 Å². The van der Waals surface area contributed by atoms with Crippen molar-refractivity contribution >= 4 is 18.3 Å². The van der Waals surface area contributed by atoms with Crippen molar-refractivity contribution in [2.45, 2.75) is 51.2 Å². The van der Waals surface area contributed by atoms with E-state index in [0.29, 0.717) is 18.4 Å². The summed E-state index contributed by atoms with van der Waals surface area (Å²) in [6.45, 7) is 4.78. The molecule has 0 bridgehead atoms. The molecular formula is C18H27ClN2O2. The van der Waals surface area contributed by atoms with Gasteiger partial charge in [-0.3, -0.25) is 4.79 Å². The van der Waals surface area contributed by atoms with Crippen LogP contribution >= 0.6 is 12.4 Å². The standard InChI is InChI=1S/C18H26N2O2.ClH/c1-14-4-6-16(7-5-14)22-17-8-11-20(12-9-17)18(21)13-15-3-2-10-19-15;/h4-7,15,17,19H,2-3,8-13H2,1H3;1H. The number of hydrogen-bond donors (Lipinski definition) is 1. The first kappa shape index (κ1) is 18.1. The second-order valence-corrected chi connectivity index (χ2v) is 6.51. The monoisotopic (exact) mass is 338 g/mol. The Balaban J connectivity index is 0.00000192. The first-order chi connectivity index (χ1) is 10.7. The number of nitrogens with one attached hydrogen (secondary N) is 1. The molecule has 2 saturated heterocycles. The minimum absolute atomic E-state index is 0. The minimum atomic E-state index is 0. The smallest absolute Gasteiger partial charge is 0.224 e. The summed E-state index contributed by atoms with van der Waals surface area (Å²) < 4.78 is 6.02. The van der Waals surface area contributed by atoms with Crippen molar-refractivity contribution in [1.29, 1.82) is 0 Å². The number of carbonyl (C=O) groups excluding carboxylic acids is 1. The molecule has 128 valence electrons. The lowest BCUT2D eigenvalue weighted by Gasteiger charge is -2.32. The van der Waals surface area contributed by atoms with Crippen LogP contribution in [0.15, 0.2) is 24.3 Å². The lowest BCUT2D eigenvalue weighted by Crippen LogP contribution is -2.43. The molecule has 3 rings (SSSR count). The molecule has 1 aromatic rings. The van der Waals surface area contributed by atoms with Gasteiger partial charge in [0.2, 0.25) is 5.91 Å². The van der Waals surface area contributed by atoms with E-state index in [1.165, 1.54) is 12.0 Å². The summed E-state index contributed by atoms with van der Waals surface area (Å²) in [5.41, 5.74) is 1.24. The van der Waals surface area contributed by atoms with E-state index in [1.807, 2.05) is 17.0 Å². The summed E-state index contributed by atoms with van der Waals surface area (Å²) in [4.78, 5) is 14.3. The largest absolute Gasteiger partial charge is 0.490 e. The molecule has 2 aliphatic rings. The number of likely N-dealkylation sites (tertiary alicyclic amines) is 1. The summed E-state index contributed by atoms with van der Waals surface area (Å²) in [6, 6.07) is 8.59. The van der Waals surface area contributed by atoms with Crippen molar-refractivity contribution in [1.82, 2.24) is 10.2 Å². The number of amides is 1. The molecule has 2 heterocycles. The zero-order chi connectivity index (χ0) is 15.4. The van der Waals surface area contributed by atoms with Crippen LogP contribution in [0.2, 0.25) is 0 Å². The van der Waals surface area contributed by atoms with Gasteiger partial charge in [-0.2, -0.15) is 0 Å². The summed E-state index contributed by atoms with van der Waals surface area (Å²) in [5.74, 6) is 1.23. The Hall–Kier alpha value is -1.26. The van der Waals surface area contributed by atoms with E-state index in [-0.39, 0.29) is 18.5 Å². The van der Waals surface area contributed by atoms with E-state index in [0.717, 1.165) is 44.6 Å². The van der Waals surface area contributed by atoms with Crippen molar-refractivity contribution in [3.63, 3.8) is 0 Å². The minimum Gasteiger partial charge on any atom is -0.490 e. The topological polar surface area (TPSA) is 41.6 Å². The Bertz CT molecular complexity index is 492. The quantitative estimate of drug-likeness (QED) is 0.917. The van der Waals surface area contributed by atoms with Crippen LogP contribution in [0.25, 0.3) is 0 Å². The SMILES string of the molecule is Cc1ccc(OC2CCN(C(=O)CC3CCCN3)CC2)cc1.Cl. The molecule has 4 nitrogen and oxygen atoms in total. The molecule has 1 N–H and O–H groups in total. The predicted octanol–water partition coefficient (Wildman–Crippen LogP) is 2.93. The fourth-order valence-electron chi connectivity index (χ4n) is 3.30. The summed E-state index contributed by atoms with van der Waals surface area (Å²) in [6.07, 6.45) is 5.08. The van der Waals surface area contributed by atoms with Gasteiger partial charge in [0.05, 0.1) is 0 Å². The third kappa shape index (κ3) is 5.11. The van der Waals surface area contributed by atoms with Gasteiger partial charge < -0.3 is 15.0 Å². The molecule has 1 atom stereocenters. The van der Waals surface area contributed by atoms with E-state index in [9.17, 15) is 4.79 Å². The molecule has 1 aromatic carbocycles. The van der Waals surface area contributed by atoms with Crippen LogP contribution in [0.1, 0.15) is 37.7 Å². The molecule has 0 spiro atoms. The van der Waals surface area contributed by atoms with Crippen molar-refractivity contribution < 1.29 is 9.53 Å². The molecule has 1 unspecified atom stereocenters. The Kier molecular flexibility index (Phi) is 6.72. The van der Waals surface area contributed by atoms with Gasteiger partial charge in [-0.1, -0.05) is 17.7 Å². The van der Waals surface area contributed by atoms with Crippen molar-refractivity contribution in [2.24, 2.45) is 0 Å². The highest BCUT2D eigenvalue weighted by atomic mass is 35.5. The number of halogens is 1. The number of nitrogens with zero attached hydrogens (tertiary/aromatic N) is 1. The number of aryl methyl sites for hydroxylation is 1. The third-order valence-corrected chi connectivity index (χ3v) is 4.70. The average Bonchev–Trinajstić information content (AvgIpc) is 3.03. The van der Waals surface area contributed by atoms with Gasteiger partial charge in [0.15, 0.2) is 0 Å². The maximum Gasteiger partial charge on any atom is 0.224 e. The normalized spacial score (nSPS) is 21.8. The molecule has 0 aliphatic carbocycles. The van der Waals surface area contributed by atoms with E-state index in [2.05, 4.69) is 24.4 Å². The molecule has 0 radical (unpaired) electrons. The van der Waals surface area contributed by atoms with Crippen LogP contribution in [0.3, 0.4) is 0 Å². The van der Waals surface area contributed by atoms with Gasteiger partial charge in [-0.05, 0) is 38.4 Å². The maximum atomic E-state index is 12.3. The number of rotatable bonds is 4. The Labute approximate surface area is 145 Å². The average molecular weight is 339 g/mol. The lowest BCUT2D eigenvalue weighted by molar-refractivity contribution is -0.133. The van der Waals surface area contributed by atoms with Gasteiger partial charge in [0.1, 0.15) is 11.9 Å². The van der Waals surface area contributed by atoms with E-state index >= 15 is 0 Å². The fraction of sp³-hybridized carbons (Fsp3) is 0.611. The highest BCUT2D eigenvalue weighted by Crippen LogP contribution is 2.20. The number of carbonyl (C=O) groups is 1. The van der Waals surface area contributed by atoms with Crippen molar-refractivity contribution in [3.8, 4) is 5.75 Å². The second kappa shape index (κ2) is 8.55. The molecule has 5 heteroatoms. The number of benzene rings is 1. The van der Waals surface area contributed by atoms with E-state index in [4.69, 9.17) is 4.74 Å². The molecule has 2 fully saturated rings. The van der Waals surface area contributed by atoms with Crippen LogP contribution in [-0.2, 0) is 4.79 Å². The van der Waals surface area contributed by atoms with Crippen LogP contribution in [-0.4, -0.2) is 42.6 Å². The van der Waals surface area contributed by atoms with Gasteiger partial charge in [-0.25, -0.2) is 0 Å². The molecule has 0 aromatic heterocycles. The Morgan fingerprint density at radius 1 is 1.22 bits per heavy atom. The van der Waals surface area contributed by atoms with E-state index in [1.54, 1.807) is 0 Å². The van der Waals surface area contributed by atoms with Crippen LogP contribution < -0.4 is 10.1 Å². The van der Waals surface area contributed by atoms with Gasteiger partial charge in [0.25, 0.3) is 0 Å². The zero-order valence-corrected chi connectivity index (χ0v) is 14.6. The summed E-state index contributed by atoms with van der Waals surface area (Å²) >= 11 is 0. The summed E-state index contributed by atoms with van der Waals surface area (Å²) in [5, 5.41) is 3.40. The van der Waals surface area contributed by atoms with Crippen LogP contribution in [0.4, 0.5) is 0 Å². The number of hydrogen-bond acceptors (Lipinski definition) is 3. The molecule has 0 saturated carbocycles. The predicted molar refractivity (Wildman–Crippen MR) is 94.3 cm³/mol. The summed E-state index contributed by atoms with van der Waals surface area (Å²) in [7, 11) is 0.